The molecule has 1 aliphatic heterocycles. The summed E-state index contributed by atoms with van der Waals surface area (Å²) >= 11 is 0. The van der Waals surface area contributed by atoms with E-state index < -0.39 is 0 Å². The predicted molar refractivity (Wildman–Crippen MR) is 113 cm³/mol. The van der Waals surface area contributed by atoms with Crippen molar-refractivity contribution >= 4 is 5.82 Å². The molecule has 0 spiro atoms. The van der Waals surface area contributed by atoms with Crippen LogP contribution in [0.2, 0.25) is 0 Å². The van der Waals surface area contributed by atoms with Crippen molar-refractivity contribution in [3.63, 3.8) is 0 Å². The fourth-order valence-corrected chi connectivity index (χ4v) is 3.76. The van der Waals surface area contributed by atoms with Crippen molar-refractivity contribution in [2.24, 2.45) is 0 Å². The summed E-state index contributed by atoms with van der Waals surface area (Å²) in [6.07, 6.45) is 4.28. The third-order valence-corrected chi connectivity index (χ3v) is 5.08. The first-order valence-electron chi connectivity index (χ1n) is 9.92. The van der Waals surface area contributed by atoms with Crippen LogP contribution in [0.25, 0.3) is 11.4 Å². The van der Waals surface area contributed by atoms with Gasteiger partial charge in [-0.25, -0.2) is 0 Å². The Hall–Kier alpha value is -3.06. The lowest BCUT2D eigenvalue weighted by Crippen LogP contribution is -2.54. The number of pyridine rings is 2. The van der Waals surface area contributed by atoms with Crippen molar-refractivity contribution in [3.8, 4) is 17.1 Å². The van der Waals surface area contributed by atoms with E-state index in [1.807, 2.05) is 37.4 Å². The maximum Gasteiger partial charge on any atom is 0.151 e. The summed E-state index contributed by atoms with van der Waals surface area (Å²) in [5.74, 6) is 0.950. The molecule has 1 fully saturated rings. The molecule has 2 atom stereocenters. The molecule has 4 heterocycles. The van der Waals surface area contributed by atoms with E-state index in [0.717, 1.165) is 35.7 Å². The molecule has 0 amide bonds. The molecule has 1 saturated heterocycles. The second-order valence-corrected chi connectivity index (χ2v) is 7.85. The second kappa shape index (κ2) is 8.13. The van der Waals surface area contributed by atoms with Crippen LogP contribution in [0.5, 0.6) is 5.75 Å². The van der Waals surface area contributed by atoms with E-state index in [4.69, 9.17) is 0 Å². The largest absolute Gasteiger partial charge is 0.506 e. The van der Waals surface area contributed by atoms with Gasteiger partial charge >= 0.3 is 0 Å². The summed E-state index contributed by atoms with van der Waals surface area (Å²) < 4.78 is 0. The molecule has 150 valence electrons. The van der Waals surface area contributed by atoms with Gasteiger partial charge in [-0.2, -0.15) is 0 Å². The summed E-state index contributed by atoms with van der Waals surface area (Å²) in [7, 11) is 0. The average Bonchev–Trinajstić information content (AvgIpc) is 2.69. The van der Waals surface area contributed by atoms with Crippen LogP contribution in [-0.2, 0) is 6.42 Å². The van der Waals surface area contributed by atoms with Gasteiger partial charge in [0.2, 0.25) is 0 Å². The molecular formula is C22H26N6O. The van der Waals surface area contributed by atoms with Crippen LogP contribution in [-0.4, -0.2) is 50.4 Å². The zero-order valence-corrected chi connectivity index (χ0v) is 17.0. The van der Waals surface area contributed by atoms with E-state index in [-0.39, 0.29) is 5.75 Å². The van der Waals surface area contributed by atoms with Crippen molar-refractivity contribution in [2.45, 2.75) is 39.3 Å². The summed E-state index contributed by atoms with van der Waals surface area (Å²) in [6.45, 7) is 8.08. The number of aryl methyl sites for hydroxylation is 1. The van der Waals surface area contributed by atoms with E-state index >= 15 is 0 Å². The van der Waals surface area contributed by atoms with Gasteiger partial charge < -0.3 is 15.3 Å². The van der Waals surface area contributed by atoms with E-state index in [1.165, 1.54) is 0 Å². The van der Waals surface area contributed by atoms with Gasteiger partial charge in [0, 0.05) is 49.7 Å². The Morgan fingerprint density at radius 2 is 1.76 bits per heavy atom. The molecular weight excluding hydrogens is 364 g/mol. The van der Waals surface area contributed by atoms with Crippen molar-refractivity contribution in [3.05, 3.63) is 59.5 Å². The minimum Gasteiger partial charge on any atom is -0.506 e. The fourth-order valence-electron chi connectivity index (χ4n) is 3.76. The molecule has 0 radical (unpaired) electrons. The molecule has 2 N–H and O–H groups in total. The van der Waals surface area contributed by atoms with Gasteiger partial charge in [-0.15, -0.1) is 10.2 Å². The minimum atomic E-state index is 0.106. The van der Waals surface area contributed by atoms with Crippen LogP contribution < -0.4 is 10.2 Å². The summed E-state index contributed by atoms with van der Waals surface area (Å²) in [4.78, 5) is 11.0. The first kappa shape index (κ1) is 19.3. The van der Waals surface area contributed by atoms with Gasteiger partial charge in [0.1, 0.15) is 17.1 Å². The third-order valence-electron chi connectivity index (χ3n) is 5.08. The SMILES string of the molecule is Cc1ccc(Cc2cnc(-c3ccc(N4C[C@@H](C)N[C@@H](C)C4)nn3)c(O)c2)cn1. The highest BCUT2D eigenvalue weighted by molar-refractivity contribution is 5.63. The van der Waals surface area contributed by atoms with Gasteiger partial charge in [0.05, 0.1) is 0 Å². The van der Waals surface area contributed by atoms with Crippen LogP contribution in [0.15, 0.2) is 42.7 Å². The van der Waals surface area contributed by atoms with E-state index in [1.54, 1.807) is 12.3 Å². The highest BCUT2D eigenvalue weighted by atomic mass is 16.3. The second-order valence-electron chi connectivity index (χ2n) is 7.85. The Morgan fingerprint density at radius 1 is 1.00 bits per heavy atom. The third kappa shape index (κ3) is 4.51. The quantitative estimate of drug-likeness (QED) is 0.708. The van der Waals surface area contributed by atoms with E-state index in [0.29, 0.717) is 29.9 Å². The smallest absolute Gasteiger partial charge is 0.151 e. The number of anilines is 1. The highest BCUT2D eigenvalue weighted by Crippen LogP contribution is 2.27. The summed E-state index contributed by atoms with van der Waals surface area (Å²) in [6, 6.07) is 10.4. The Morgan fingerprint density at radius 3 is 2.38 bits per heavy atom. The molecule has 0 unspecified atom stereocenters. The molecule has 3 aromatic heterocycles. The molecule has 0 aromatic carbocycles. The number of rotatable bonds is 4. The van der Waals surface area contributed by atoms with Gasteiger partial charge in [-0.05, 0) is 56.2 Å². The molecule has 3 aromatic rings. The molecule has 1 aliphatic rings. The summed E-state index contributed by atoms with van der Waals surface area (Å²) in [5, 5.41) is 22.7. The molecule has 4 rings (SSSR count). The normalized spacial score (nSPS) is 19.3. The number of nitrogens with zero attached hydrogens (tertiary/aromatic N) is 5. The highest BCUT2D eigenvalue weighted by Gasteiger charge is 2.22. The molecule has 0 saturated carbocycles. The molecule has 29 heavy (non-hydrogen) atoms. The van der Waals surface area contributed by atoms with Crippen LogP contribution in [0.1, 0.15) is 30.7 Å². The summed E-state index contributed by atoms with van der Waals surface area (Å²) in [5.41, 5.74) is 3.98. The maximum atomic E-state index is 10.5. The monoisotopic (exact) mass is 390 g/mol. The van der Waals surface area contributed by atoms with Crippen LogP contribution in [0, 0.1) is 6.92 Å². The van der Waals surface area contributed by atoms with Gasteiger partial charge in [-0.3, -0.25) is 9.97 Å². The molecule has 7 heteroatoms. The van der Waals surface area contributed by atoms with Crippen molar-refractivity contribution < 1.29 is 5.11 Å². The molecule has 0 aliphatic carbocycles. The van der Waals surface area contributed by atoms with Crippen LogP contribution in [0.4, 0.5) is 5.82 Å². The lowest BCUT2D eigenvalue weighted by Gasteiger charge is -2.36. The number of aromatic hydroxyl groups is 1. The lowest BCUT2D eigenvalue weighted by molar-refractivity contribution is 0.404. The lowest BCUT2D eigenvalue weighted by atomic mass is 10.1. The Labute approximate surface area is 170 Å². The number of piperazine rings is 1. The first-order valence-corrected chi connectivity index (χ1v) is 9.92. The Kier molecular flexibility index (Phi) is 5.40. The topological polar surface area (TPSA) is 87.1 Å². The van der Waals surface area contributed by atoms with Crippen molar-refractivity contribution in [1.82, 2.24) is 25.5 Å². The first-order chi connectivity index (χ1) is 14.0. The zero-order chi connectivity index (χ0) is 20.4. The number of hydrogen-bond donors (Lipinski definition) is 2. The molecule has 0 bridgehead atoms. The molecule has 7 nitrogen and oxygen atoms in total. The Bertz CT molecular complexity index is 964. The zero-order valence-electron chi connectivity index (χ0n) is 17.0. The maximum absolute atomic E-state index is 10.5. The van der Waals surface area contributed by atoms with Gasteiger partial charge in [0.25, 0.3) is 0 Å². The standard InChI is InChI=1S/C22H26N6O/c1-14-4-5-17(10-23-14)8-18-9-20(29)22(24-11-18)19-6-7-21(27-26-19)28-12-15(2)25-16(3)13-28/h4-7,9-11,15-16,25,29H,8,12-13H2,1-3H3/t15-,16+. The Balaban J connectivity index is 1.50. The van der Waals surface area contributed by atoms with Gasteiger partial charge in [0.15, 0.2) is 5.82 Å². The number of aromatic nitrogens is 4. The minimum absolute atomic E-state index is 0.106. The van der Waals surface area contributed by atoms with Crippen LogP contribution in [0.3, 0.4) is 0 Å². The van der Waals surface area contributed by atoms with Crippen molar-refractivity contribution in [2.75, 3.05) is 18.0 Å². The van der Waals surface area contributed by atoms with E-state index in [9.17, 15) is 5.11 Å². The number of nitrogens with one attached hydrogen (secondary N) is 1. The van der Waals surface area contributed by atoms with Crippen LogP contribution >= 0.6 is 0 Å². The number of hydrogen-bond acceptors (Lipinski definition) is 7. The van der Waals surface area contributed by atoms with Crippen molar-refractivity contribution in [1.29, 1.82) is 0 Å². The predicted octanol–water partition coefficient (Wildman–Crippen LogP) is 2.73. The average molecular weight is 390 g/mol. The van der Waals surface area contributed by atoms with E-state index in [2.05, 4.69) is 44.2 Å². The van der Waals surface area contributed by atoms with Gasteiger partial charge in [-0.1, -0.05) is 6.07 Å². The fraction of sp³-hybridized carbons (Fsp3) is 0.364.